The van der Waals surface area contributed by atoms with Gasteiger partial charge in [0.05, 0.1) is 11.0 Å². The average Bonchev–Trinajstić information content (AvgIpc) is 2.43. The maximum absolute atomic E-state index is 10.8. The van der Waals surface area contributed by atoms with E-state index in [1.165, 1.54) is 0 Å². The molecule has 0 saturated carbocycles. The maximum atomic E-state index is 10.8. The molecule has 2 rings (SSSR count). The standard InChI is InChI=1S/C9H6N2O/c1-2-6-3-4-7-8(5-6)11-9(12)10-7/h1,3-5H,(H2,10,11,12). The van der Waals surface area contributed by atoms with Gasteiger partial charge in [-0.3, -0.25) is 0 Å². The van der Waals surface area contributed by atoms with E-state index in [0.717, 1.165) is 16.6 Å². The molecule has 0 fully saturated rings. The molecule has 0 bridgehead atoms. The summed E-state index contributed by atoms with van der Waals surface area (Å²) in [5.74, 6) is 2.49. The van der Waals surface area contributed by atoms with E-state index in [1.54, 1.807) is 18.2 Å². The summed E-state index contributed by atoms with van der Waals surface area (Å²) < 4.78 is 0. The summed E-state index contributed by atoms with van der Waals surface area (Å²) >= 11 is 0. The van der Waals surface area contributed by atoms with Crippen molar-refractivity contribution in [2.75, 3.05) is 0 Å². The number of H-pyrrole nitrogens is 2. The molecule has 0 amide bonds. The van der Waals surface area contributed by atoms with Crippen LogP contribution in [-0.2, 0) is 0 Å². The van der Waals surface area contributed by atoms with Gasteiger partial charge in [0.15, 0.2) is 0 Å². The van der Waals surface area contributed by atoms with Gasteiger partial charge in [0, 0.05) is 5.56 Å². The van der Waals surface area contributed by atoms with Crippen molar-refractivity contribution in [1.82, 2.24) is 9.97 Å². The zero-order valence-corrected chi connectivity index (χ0v) is 6.22. The first-order chi connectivity index (χ1) is 5.79. The molecular weight excluding hydrogens is 152 g/mol. The van der Waals surface area contributed by atoms with Crippen molar-refractivity contribution in [3.63, 3.8) is 0 Å². The molecule has 0 aliphatic heterocycles. The van der Waals surface area contributed by atoms with Crippen LogP contribution in [0.5, 0.6) is 0 Å². The van der Waals surface area contributed by atoms with Gasteiger partial charge >= 0.3 is 5.69 Å². The number of hydrogen-bond donors (Lipinski definition) is 2. The van der Waals surface area contributed by atoms with Gasteiger partial charge in [-0.1, -0.05) is 5.92 Å². The number of terminal acetylenes is 1. The van der Waals surface area contributed by atoms with Crippen molar-refractivity contribution >= 4 is 11.0 Å². The fourth-order valence-electron chi connectivity index (χ4n) is 1.12. The Bertz CT molecular complexity index is 513. The summed E-state index contributed by atoms with van der Waals surface area (Å²) in [5, 5.41) is 0. The minimum atomic E-state index is -0.209. The third kappa shape index (κ3) is 0.903. The van der Waals surface area contributed by atoms with Crippen molar-refractivity contribution in [2.45, 2.75) is 0 Å². The molecule has 58 valence electrons. The summed E-state index contributed by atoms with van der Waals surface area (Å²) in [7, 11) is 0. The smallest absolute Gasteiger partial charge is 0.306 e. The predicted molar refractivity (Wildman–Crippen MR) is 46.9 cm³/mol. The minimum Gasteiger partial charge on any atom is -0.306 e. The Morgan fingerprint density at radius 1 is 1.25 bits per heavy atom. The first kappa shape index (κ1) is 6.74. The molecule has 0 aliphatic carbocycles. The highest BCUT2D eigenvalue weighted by atomic mass is 16.1. The number of hydrogen-bond acceptors (Lipinski definition) is 1. The second kappa shape index (κ2) is 2.28. The Hall–Kier alpha value is -1.95. The molecular formula is C9H6N2O. The SMILES string of the molecule is C#Cc1ccc2[nH]c(=O)[nH]c2c1. The van der Waals surface area contributed by atoms with Crippen LogP contribution in [0, 0.1) is 12.3 Å². The Morgan fingerprint density at radius 3 is 2.75 bits per heavy atom. The van der Waals surface area contributed by atoms with Crippen LogP contribution in [0.3, 0.4) is 0 Å². The van der Waals surface area contributed by atoms with Gasteiger partial charge in [-0.2, -0.15) is 0 Å². The van der Waals surface area contributed by atoms with Crippen molar-refractivity contribution in [1.29, 1.82) is 0 Å². The zero-order valence-electron chi connectivity index (χ0n) is 6.22. The first-order valence-electron chi connectivity index (χ1n) is 3.48. The second-order valence-electron chi connectivity index (χ2n) is 2.48. The molecule has 0 aliphatic rings. The van der Waals surface area contributed by atoms with E-state index in [-0.39, 0.29) is 5.69 Å². The molecule has 2 N–H and O–H groups in total. The van der Waals surface area contributed by atoms with E-state index in [9.17, 15) is 4.79 Å². The summed E-state index contributed by atoms with van der Waals surface area (Å²) in [4.78, 5) is 16.1. The normalized spacial score (nSPS) is 9.92. The zero-order chi connectivity index (χ0) is 8.55. The number of nitrogens with one attached hydrogen (secondary N) is 2. The number of rotatable bonds is 0. The lowest BCUT2D eigenvalue weighted by atomic mass is 10.2. The molecule has 1 heterocycles. The lowest BCUT2D eigenvalue weighted by Gasteiger charge is -1.89. The molecule has 1 aromatic carbocycles. The van der Waals surface area contributed by atoms with Gasteiger partial charge in [-0.05, 0) is 18.2 Å². The largest absolute Gasteiger partial charge is 0.323 e. The van der Waals surface area contributed by atoms with Crippen LogP contribution in [0.15, 0.2) is 23.0 Å². The van der Waals surface area contributed by atoms with E-state index in [0.29, 0.717) is 0 Å². The Labute approximate surface area is 68.4 Å². The molecule has 1 aromatic heterocycles. The van der Waals surface area contributed by atoms with E-state index >= 15 is 0 Å². The summed E-state index contributed by atoms with van der Waals surface area (Å²) in [5.41, 5.74) is 2.08. The Balaban J connectivity index is 2.85. The number of aromatic nitrogens is 2. The Kier molecular flexibility index (Phi) is 1.28. The predicted octanol–water partition coefficient (Wildman–Crippen LogP) is 0.837. The fraction of sp³-hybridized carbons (Fsp3) is 0. The van der Waals surface area contributed by atoms with Gasteiger partial charge in [-0.25, -0.2) is 4.79 Å². The van der Waals surface area contributed by atoms with Gasteiger partial charge in [0.25, 0.3) is 0 Å². The van der Waals surface area contributed by atoms with Crippen LogP contribution in [0.1, 0.15) is 5.56 Å². The van der Waals surface area contributed by atoms with Crippen LogP contribution in [-0.4, -0.2) is 9.97 Å². The topological polar surface area (TPSA) is 48.6 Å². The van der Waals surface area contributed by atoms with E-state index in [1.807, 2.05) is 0 Å². The summed E-state index contributed by atoms with van der Waals surface area (Å²) in [6.45, 7) is 0. The van der Waals surface area contributed by atoms with E-state index < -0.39 is 0 Å². The van der Waals surface area contributed by atoms with Crippen molar-refractivity contribution in [3.05, 3.63) is 34.2 Å². The number of aromatic amines is 2. The fourth-order valence-corrected chi connectivity index (χ4v) is 1.12. The van der Waals surface area contributed by atoms with Crippen LogP contribution < -0.4 is 5.69 Å². The quantitative estimate of drug-likeness (QED) is 0.548. The van der Waals surface area contributed by atoms with Crippen molar-refractivity contribution in [3.8, 4) is 12.3 Å². The first-order valence-corrected chi connectivity index (χ1v) is 3.48. The highest BCUT2D eigenvalue weighted by Gasteiger charge is 1.96. The molecule has 12 heavy (non-hydrogen) atoms. The summed E-state index contributed by atoms with van der Waals surface area (Å²) in [6, 6.07) is 5.32. The molecule has 2 aromatic rings. The van der Waals surface area contributed by atoms with Crippen LogP contribution >= 0.6 is 0 Å². The van der Waals surface area contributed by atoms with E-state index in [4.69, 9.17) is 6.42 Å². The minimum absolute atomic E-state index is 0.209. The van der Waals surface area contributed by atoms with Crippen LogP contribution in [0.4, 0.5) is 0 Å². The lowest BCUT2D eigenvalue weighted by molar-refractivity contribution is 1.21. The molecule has 0 unspecified atom stereocenters. The Morgan fingerprint density at radius 2 is 2.00 bits per heavy atom. The van der Waals surface area contributed by atoms with Gasteiger partial charge in [-0.15, -0.1) is 6.42 Å². The third-order valence-electron chi connectivity index (χ3n) is 1.68. The molecule has 0 spiro atoms. The molecule has 0 atom stereocenters. The monoisotopic (exact) mass is 158 g/mol. The van der Waals surface area contributed by atoms with Crippen LogP contribution in [0.2, 0.25) is 0 Å². The van der Waals surface area contributed by atoms with Gasteiger partial charge < -0.3 is 9.97 Å². The molecule has 3 nitrogen and oxygen atoms in total. The molecule has 0 saturated heterocycles. The highest BCUT2D eigenvalue weighted by Crippen LogP contribution is 2.08. The van der Waals surface area contributed by atoms with E-state index in [2.05, 4.69) is 15.9 Å². The van der Waals surface area contributed by atoms with Crippen molar-refractivity contribution in [2.24, 2.45) is 0 Å². The lowest BCUT2D eigenvalue weighted by Crippen LogP contribution is -1.99. The maximum Gasteiger partial charge on any atom is 0.323 e. The van der Waals surface area contributed by atoms with Gasteiger partial charge in [0.2, 0.25) is 0 Å². The third-order valence-corrected chi connectivity index (χ3v) is 1.68. The number of fused-ring (bicyclic) bond motifs is 1. The molecule has 0 radical (unpaired) electrons. The van der Waals surface area contributed by atoms with Gasteiger partial charge in [0.1, 0.15) is 0 Å². The molecule has 3 heteroatoms. The highest BCUT2D eigenvalue weighted by molar-refractivity contribution is 5.76. The number of imidazole rings is 1. The average molecular weight is 158 g/mol. The van der Waals surface area contributed by atoms with Crippen molar-refractivity contribution < 1.29 is 0 Å². The second-order valence-corrected chi connectivity index (χ2v) is 2.48. The van der Waals surface area contributed by atoms with Crippen LogP contribution in [0.25, 0.3) is 11.0 Å². The summed E-state index contributed by atoms with van der Waals surface area (Å²) in [6.07, 6.45) is 5.20. The number of benzene rings is 1.